The predicted molar refractivity (Wildman–Crippen MR) is 101 cm³/mol. The smallest absolute Gasteiger partial charge is 0.326 e. The van der Waals surface area contributed by atoms with Crippen molar-refractivity contribution in [2.24, 2.45) is 0 Å². The van der Waals surface area contributed by atoms with Gasteiger partial charge in [-0.2, -0.15) is 4.31 Å². The van der Waals surface area contributed by atoms with Gasteiger partial charge in [-0.1, -0.05) is 19.8 Å². The standard InChI is InChI=1S/C18H26N2O7S/c1-4-5-6-13(18(22)23)19-17(21)14-9-10-20(14)28(24,25)12-7-8-15(26-2)16(11-12)27-3/h7-8,11,13-14H,4-6,9-10H2,1-3H3,(H,19,21)(H,22,23)/t13-,14?/m0/s1. The van der Waals surface area contributed by atoms with Crippen molar-refractivity contribution in [3.05, 3.63) is 18.2 Å². The number of unbranched alkanes of at least 4 members (excludes halogenated alkanes) is 1. The van der Waals surface area contributed by atoms with Crippen molar-refractivity contribution >= 4 is 21.9 Å². The molecular formula is C18H26N2O7S. The highest BCUT2D eigenvalue weighted by molar-refractivity contribution is 7.89. The van der Waals surface area contributed by atoms with Crippen LogP contribution < -0.4 is 14.8 Å². The van der Waals surface area contributed by atoms with Gasteiger partial charge in [0.05, 0.1) is 19.1 Å². The molecule has 0 aliphatic carbocycles. The van der Waals surface area contributed by atoms with E-state index in [0.717, 1.165) is 10.7 Å². The van der Waals surface area contributed by atoms with Gasteiger partial charge in [-0.15, -0.1) is 0 Å². The number of hydrogen-bond acceptors (Lipinski definition) is 6. The molecule has 0 aromatic heterocycles. The maximum absolute atomic E-state index is 12.9. The van der Waals surface area contributed by atoms with E-state index < -0.39 is 34.0 Å². The Morgan fingerprint density at radius 2 is 1.96 bits per heavy atom. The molecule has 1 heterocycles. The molecule has 2 atom stereocenters. The van der Waals surface area contributed by atoms with Crippen molar-refractivity contribution < 1.29 is 32.6 Å². The van der Waals surface area contributed by atoms with E-state index in [1.165, 1.54) is 32.4 Å². The first-order valence-electron chi connectivity index (χ1n) is 9.03. The first-order chi connectivity index (χ1) is 13.3. The molecule has 28 heavy (non-hydrogen) atoms. The maximum atomic E-state index is 12.9. The van der Waals surface area contributed by atoms with Crippen LogP contribution in [0.2, 0.25) is 0 Å². The Kier molecular flexibility index (Phi) is 7.25. The molecule has 0 saturated carbocycles. The van der Waals surface area contributed by atoms with Gasteiger partial charge in [0.1, 0.15) is 12.1 Å². The number of aliphatic carboxylic acids is 1. The van der Waals surface area contributed by atoms with Crippen molar-refractivity contribution in [1.82, 2.24) is 9.62 Å². The summed E-state index contributed by atoms with van der Waals surface area (Å²) < 4.78 is 37.2. The van der Waals surface area contributed by atoms with Crippen LogP contribution in [0.25, 0.3) is 0 Å². The number of carboxylic acid groups (broad SMARTS) is 1. The highest BCUT2D eigenvalue weighted by atomic mass is 32.2. The van der Waals surface area contributed by atoms with Gasteiger partial charge in [-0.05, 0) is 25.0 Å². The third kappa shape index (κ3) is 4.56. The summed E-state index contributed by atoms with van der Waals surface area (Å²) in [5.41, 5.74) is 0. The second-order valence-electron chi connectivity index (χ2n) is 6.48. The summed E-state index contributed by atoms with van der Waals surface area (Å²) in [7, 11) is -1.09. The minimum absolute atomic E-state index is 0.0246. The van der Waals surface area contributed by atoms with Crippen LogP contribution in [-0.4, -0.2) is 62.6 Å². The number of ether oxygens (including phenoxy) is 2. The number of sulfonamides is 1. The molecule has 1 fully saturated rings. The van der Waals surface area contributed by atoms with E-state index in [1.807, 2.05) is 6.92 Å². The van der Waals surface area contributed by atoms with Gasteiger partial charge < -0.3 is 19.9 Å². The SMILES string of the molecule is CCCC[C@H](NC(=O)C1CCN1S(=O)(=O)c1ccc(OC)c(OC)c1)C(=O)O. The quantitative estimate of drug-likeness (QED) is 0.590. The molecule has 1 aromatic carbocycles. The molecule has 1 aliphatic heterocycles. The minimum atomic E-state index is -3.94. The average molecular weight is 414 g/mol. The number of carboxylic acids is 1. The number of carbonyl (C=O) groups is 2. The predicted octanol–water partition coefficient (Wildman–Crippen LogP) is 1.23. The molecule has 1 saturated heterocycles. The number of hydrogen-bond donors (Lipinski definition) is 2. The Labute approximate surface area is 164 Å². The van der Waals surface area contributed by atoms with Crippen molar-refractivity contribution in [2.75, 3.05) is 20.8 Å². The van der Waals surface area contributed by atoms with Gasteiger partial charge in [0, 0.05) is 12.6 Å². The zero-order chi connectivity index (χ0) is 20.9. The van der Waals surface area contributed by atoms with Gasteiger partial charge in [-0.25, -0.2) is 13.2 Å². The second kappa shape index (κ2) is 9.24. The number of methoxy groups -OCH3 is 2. The molecular weight excluding hydrogens is 388 g/mol. The Morgan fingerprint density at radius 1 is 1.29 bits per heavy atom. The van der Waals surface area contributed by atoms with Gasteiger partial charge in [0.25, 0.3) is 0 Å². The van der Waals surface area contributed by atoms with E-state index in [4.69, 9.17) is 9.47 Å². The second-order valence-corrected chi connectivity index (χ2v) is 8.37. The molecule has 2 N–H and O–H groups in total. The minimum Gasteiger partial charge on any atom is -0.493 e. The van der Waals surface area contributed by atoms with Crippen LogP contribution in [0.5, 0.6) is 11.5 Å². The Morgan fingerprint density at radius 3 is 2.46 bits per heavy atom. The number of nitrogens with one attached hydrogen (secondary N) is 1. The van der Waals surface area contributed by atoms with Gasteiger partial charge in [0.2, 0.25) is 15.9 Å². The number of carbonyl (C=O) groups excluding carboxylic acids is 1. The number of benzene rings is 1. The lowest BCUT2D eigenvalue weighted by Gasteiger charge is -2.38. The molecule has 9 nitrogen and oxygen atoms in total. The third-order valence-electron chi connectivity index (χ3n) is 4.70. The zero-order valence-corrected chi connectivity index (χ0v) is 17.0. The van der Waals surface area contributed by atoms with Crippen LogP contribution in [0.15, 0.2) is 23.1 Å². The molecule has 10 heteroatoms. The average Bonchev–Trinajstić information content (AvgIpc) is 2.62. The van der Waals surface area contributed by atoms with Gasteiger partial charge in [-0.3, -0.25) is 4.79 Å². The van der Waals surface area contributed by atoms with Crippen LogP contribution in [0, 0.1) is 0 Å². The van der Waals surface area contributed by atoms with Crippen LogP contribution in [0.1, 0.15) is 32.6 Å². The topological polar surface area (TPSA) is 122 Å². The number of nitrogens with zero attached hydrogens (tertiary/aromatic N) is 1. The Bertz CT molecular complexity index is 825. The molecule has 0 spiro atoms. The lowest BCUT2D eigenvalue weighted by atomic mass is 10.0. The summed E-state index contributed by atoms with van der Waals surface area (Å²) >= 11 is 0. The number of amides is 1. The van der Waals surface area contributed by atoms with Crippen LogP contribution in [-0.2, 0) is 19.6 Å². The summed E-state index contributed by atoms with van der Waals surface area (Å²) in [6.45, 7) is 2.10. The van der Waals surface area contributed by atoms with Crippen molar-refractivity contribution in [3.8, 4) is 11.5 Å². The monoisotopic (exact) mass is 414 g/mol. The van der Waals surface area contributed by atoms with E-state index >= 15 is 0 Å². The summed E-state index contributed by atoms with van der Waals surface area (Å²) in [4.78, 5) is 23.8. The molecule has 0 bridgehead atoms. The molecule has 1 aliphatic rings. The third-order valence-corrected chi connectivity index (χ3v) is 6.60. The first-order valence-corrected chi connectivity index (χ1v) is 10.5. The summed E-state index contributed by atoms with van der Waals surface area (Å²) in [5, 5.41) is 11.7. The normalized spacial score (nSPS) is 18.0. The fourth-order valence-corrected chi connectivity index (χ4v) is 4.61. The lowest BCUT2D eigenvalue weighted by molar-refractivity contribution is -0.143. The van der Waals surface area contributed by atoms with E-state index in [1.54, 1.807) is 0 Å². The van der Waals surface area contributed by atoms with E-state index in [0.29, 0.717) is 25.0 Å². The Hall–Kier alpha value is -2.33. The van der Waals surface area contributed by atoms with Crippen molar-refractivity contribution in [3.63, 3.8) is 0 Å². The van der Waals surface area contributed by atoms with Gasteiger partial charge in [0.15, 0.2) is 11.5 Å². The van der Waals surface area contributed by atoms with E-state index in [9.17, 15) is 23.1 Å². The maximum Gasteiger partial charge on any atom is 0.326 e. The molecule has 1 amide bonds. The highest BCUT2D eigenvalue weighted by Gasteiger charge is 2.43. The lowest BCUT2D eigenvalue weighted by Crippen LogP contribution is -2.60. The Balaban J connectivity index is 2.17. The zero-order valence-electron chi connectivity index (χ0n) is 16.2. The van der Waals surface area contributed by atoms with Crippen LogP contribution in [0.4, 0.5) is 0 Å². The molecule has 156 valence electrons. The molecule has 2 rings (SSSR count). The summed E-state index contributed by atoms with van der Waals surface area (Å²) in [5.74, 6) is -1.08. The fraction of sp³-hybridized carbons (Fsp3) is 0.556. The van der Waals surface area contributed by atoms with E-state index in [-0.39, 0.29) is 17.2 Å². The summed E-state index contributed by atoms with van der Waals surface area (Å²) in [6, 6.07) is 2.24. The van der Waals surface area contributed by atoms with E-state index in [2.05, 4.69) is 5.32 Å². The fourth-order valence-electron chi connectivity index (χ4n) is 2.96. The molecule has 1 aromatic rings. The number of rotatable bonds is 10. The van der Waals surface area contributed by atoms with Crippen LogP contribution in [0.3, 0.4) is 0 Å². The van der Waals surface area contributed by atoms with Crippen molar-refractivity contribution in [2.45, 2.75) is 49.6 Å². The summed E-state index contributed by atoms with van der Waals surface area (Å²) in [6.07, 6.45) is 2.07. The van der Waals surface area contributed by atoms with Crippen LogP contribution >= 0.6 is 0 Å². The first kappa shape index (κ1) is 22.0. The molecule has 0 radical (unpaired) electrons. The van der Waals surface area contributed by atoms with Crippen molar-refractivity contribution in [1.29, 1.82) is 0 Å². The largest absolute Gasteiger partial charge is 0.493 e. The highest BCUT2D eigenvalue weighted by Crippen LogP contribution is 2.33. The molecule has 1 unspecified atom stereocenters. The van der Waals surface area contributed by atoms with Gasteiger partial charge >= 0.3 is 5.97 Å².